The molecule has 1 aliphatic heterocycles. The van der Waals surface area contributed by atoms with Crippen LogP contribution in [0.3, 0.4) is 0 Å². The monoisotopic (exact) mass is 768 g/mol. The van der Waals surface area contributed by atoms with Gasteiger partial charge in [-0.3, -0.25) is 14.4 Å². The fraction of sp³-hybridized carbons (Fsp3) is 0.513. The van der Waals surface area contributed by atoms with E-state index >= 15 is 0 Å². The van der Waals surface area contributed by atoms with Crippen molar-refractivity contribution in [3.63, 3.8) is 0 Å². The van der Waals surface area contributed by atoms with E-state index in [0.29, 0.717) is 13.2 Å². The quantitative estimate of drug-likeness (QED) is 0.107. The zero-order valence-corrected chi connectivity index (χ0v) is 32.2. The topological polar surface area (TPSA) is 175 Å². The van der Waals surface area contributed by atoms with Gasteiger partial charge in [0.1, 0.15) is 31.9 Å². The van der Waals surface area contributed by atoms with Crippen molar-refractivity contribution in [2.24, 2.45) is 5.41 Å². The van der Waals surface area contributed by atoms with Crippen LogP contribution in [0.4, 0.5) is 0 Å². The molecule has 0 radical (unpaired) electrons. The summed E-state index contributed by atoms with van der Waals surface area (Å²) in [6.45, 7) is 8.88. The molecule has 1 aromatic heterocycles. The van der Waals surface area contributed by atoms with Crippen molar-refractivity contribution in [2.45, 2.75) is 65.5 Å². The summed E-state index contributed by atoms with van der Waals surface area (Å²) in [6.07, 6.45) is -0.772. The van der Waals surface area contributed by atoms with E-state index in [9.17, 15) is 24.3 Å². The Labute approximate surface area is 320 Å². The molecule has 0 bridgehead atoms. The molecule has 1 unspecified atom stereocenters. The fourth-order valence-corrected chi connectivity index (χ4v) is 6.45. The molecule has 3 aromatic rings. The first-order valence-corrected chi connectivity index (χ1v) is 18.9. The Morgan fingerprint density at radius 1 is 0.889 bits per heavy atom. The van der Waals surface area contributed by atoms with E-state index in [2.05, 4.69) is 15.6 Å². The second-order valence-electron chi connectivity index (χ2n) is 13.9. The number of likely N-dealkylation sites (tertiary alicyclic amines) is 1. The number of β-amino-alcohol motifs (C(OH)–C–C–N with tert-alkyl or cyclic N) is 1. The number of carbonyl (C=O) groups is 4. The number of nitrogens with one attached hydrogen (secondary N) is 2. The number of carbonyl (C=O) groups excluding carboxylic acids is 4. The van der Waals surface area contributed by atoms with E-state index in [1.165, 1.54) is 4.90 Å². The van der Waals surface area contributed by atoms with Crippen LogP contribution in [0.2, 0.25) is 0 Å². The number of aliphatic hydroxyl groups excluding tert-OH is 1. The van der Waals surface area contributed by atoms with Crippen LogP contribution in [0, 0.1) is 12.3 Å². The van der Waals surface area contributed by atoms with Gasteiger partial charge in [0, 0.05) is 19.5 Å². The standard InChI is InChI=1S/C39H52N4O10S/c1-27-35(54-26-41-27)30-12-10-28(11-13-30)21-40-37(47)32-20-31(44)22-43(32)38(48)36(39(2,3)4)42-33(45)24-51-18-16-49-14-15-50-17-19-52-25-34(46)53-23-29-8-6-5-7-9-29/h5-13,26,31-32,36,44H,14-25H2,1-4H3,(H,40,47)(H,42,45)/t31-,32+,36?/m1/s1. The number of esters is 1. The van der Waals surface area contributed by atoms with Crippen molar-refractivity contribution in [3.05, 3.63) is 76.9 Å². The molecular weight excluding hydrogens is 717 g/mol. The summed E-state index contributed by atoms with van der Waals surface area (Å²) in [5.41, 5.74) is 4.92. The van der Waals surface area contributed by atoms with E-state index in [-0.39, 0.29) is 71.7 Å². The average Bonchev–Trinajstić information content (AvgIpc) is 3.77. The highest BCUT2D eigenvalue weighted by atomic mass is 32.1. The minimum absolute atomic E-state index is 0.0172. The normalized spacial score (nSPS) is 16.2. The molecule has 0 spiro atoms. The van der Waals surface area contributed by atoms with Gasteiger partial charge in [-0.05, 0) is 29.0 Å². The number of amides is 3. The number of thiazole rings is 1. The Balaban J connectivity index is 1.10. The van der Waals surface area contributed by atoms with Crippen LogP contribution in [0.25, 0.3) is 10.4 Å². The molecule has 54 heavy (non-hydrogen) atoms. The zero-order chi connectivity index (χ0) is 38.9. The molecule has 0 saturated carbocycles. The van der Waals surface area contributed by atoms with Crippen LogP contribution < -0.4 is 10.6 Å². The highest BCUT2D eigenvalue weighted by Gasteiger charge is 2.44. The van der Waals surface area contributed by atoms with Crippen LogP contribution in [-0.4, -0.2) is 116 Å². The molecule has 15 heteroatoms. The third-order valence-corrected chi connectivity index (χ3v) is 9.50. The van der Waals surface area contributed by atoms with Crippen molar-refractivity contribution in [2.75, 3.05) is 59.4 Å². The Hall–Kier alpha value is -4.25. The van der Waals surface area contributed by atoms with Gasteiger partial charge in [0.15, 0.2) is 0 Å². The molecule has 14 nitrogen and oxygen atoms in total. The van der Waals surface area contributed by atoms with Gasteiger partial charge in [0.05, 0.1) is 61.8 Å². The number of hydrogen-bond donors (Lipinski definition) is 3. The maximum atomic E-state index is 13.8. The fourth-order valence-electron chi connectivity index (χ4n) is 5.64. The lowest BCUT2D eigenvalue weighted by molar-refractivity contribution is -0.150. The number of ether oxygens (including phenoxy) is 5. The minimum Gasteiger partial charge on any atom is -0.459 e. The Kier molecular flexibility index (Phi) is 17.0. The molecular formula is C39H52N4O10S. The van der Waals surface area contributed by atoms with E-state index in [1.807, 2.05) is 87.8 Å². The summed E-state index contributed by atoms with van der Waals surface area (Å²) in [4.78, 5) is 58.5. The average molecular weight is 769 g/mol. The molecule has 0 aliphatic carbocycles. The molecule has 2 aromatic carbocycles. The van der Waals surface area contributed by atoms with E-state index < -0.39 is 41.4 Å². The van der Waals surface area contributed by atoms with E-state index in [4.69, 9.17) is 23.7 Å². The smallest absolute Gasteiger partial charge is 0.332 e. The summed E-state index contributed by atoms with van der Waals surface area (Å²) in [5, 5.41) is 16.1. The van der Waals surface area contributed by atoms with Gasteiger partial charge >= 0.3 is 5.97 Å². The van der Waals surface area contributed by atoms with Gasteiger partial charge in [-0.2, -0.15) is 0 Å². The van der Waals surface area contributed by atoms with Crippen molar-refractivity contribution in [1.29, 1.82) is 0 Å². The molecule has 3 amide bonds. The van der Waals surface area contributed by atoms with Crippen LogP contribution in [0.5, 0.6) is 0 Å². The zero-order valence-electron chi connectivity index (χ0n) is 31.4. The molecule has 3 N–H and O–H groups in total. The predicted molar refractivity (Wildman–Crippen MR) is 201 cm³/mol. The SMILES string of the molecule is Cc1ncsc1-c1ccc(CNC(=O)[C@@H]2C[C@@H](O)CN2C(=O)C(NC(=O)COCCOCCOCCOCC(=O)OCc2ccccc2)C(C)(C)C)cc1. The number of hydrogen-bond acceptors (Lipinski definition) is 12. The van der Waals surface area contributed by atoms with Crippen LogP contribution in [0.15, 0.2) is 60.1 Å². The maximum absolute atomic E-state index is 13.8. The summed E-state index contributed by atoms with van der Waals surface area (Å²) in [7, 11) is 0. The Bertz CT molecular complexity index is 1630. The van der Waals surface area contributed by atoms with Crippen LogP contribution >= 0.6 is 11.3 Å². The minimum atomic E-state index is -0.964. The number of benzene rings is 2. The molecule has 4 rings (SSSR count). The van der Waals surface area contributed by atoms with E-state index in [0.717, 1.165) is 27.3 Å². The number of nitrogens with zero attached hydrogens (tertiary/aromatic N) is 2. The van der Waals surface area contributed by atoms with Crippen molar-refractivity contribution in [1.82, 2.24) is 20.5 Å². The highest BCUT2D eigenvalue weighted by Crippen LogP contribution is 2.28. The summed E-state index contributed by atoms with van der Waals surface area (Å²) >= 11 is 1.57. The van der Waals surface area contributed by atoms with Gasteiger partial charge in [-0.15, -0.1) is 11.3 Å². The van der Waals surface area contributed by atoms with Gasteiger partial charge in [0.25, 0.3) is 0 Å². The molecule has 1 saturated heterocycles. The van der Waals surface area contributed by atoms with E-state index in [1.54, 1.807) is 11.3 Å². The largest absolute Gasteiger partial charge is 0.459 e. The number of aromatic nitrogens is 1. The van der Waals surface area contributed by atoms with Gasteiger partial charge in [-0.1, -0.05) is 75.4 Å². The third-order valence-electron chi connectivity index (χ3n) is 8.52. The lowest BCUT2D eigenvalue weighted by Crippen LogP contribution is -2.58. The lowest BCUT2D eigenvalue weighted by atomic mass is 9.85. The summed E-state index contributed by atoms with van der Waals surface area (Å²) < 4.78 is 26.8. The van der Waals surface area contributed by atoms with Crippen LogP contribution in [0.1, 0.15) is 44.0 Å². The Morgan fingerprint density at radius 3 is 2.13 bits per heavy atom. The lowest BCUT2D eigenvalue weighted by Gasteiger charge is -2.35. The van der Waals surface area contributed by atoms with Gasteiger partial charge in [0.2, 0.25) is 17.7 Å². The maximum Gasteiger partial charge on any atom is 0.332 e. The molecule has 2 heterocycles. The first-order valence-electron chi connectivity index (χ1n) is 18.0. The number of rotatable bonds is 21. The first kappa shape index (κ1) is 42.5. The highest BCUT2D eigenvalue weighted by molar-refractivity contribution is 7.13. The molecule has 1 fully saturated rings. The first-order chi connectivity index (χ1) is 25.9. The van der Waals surface area contributed by atoms with Crippen molar-refractivity contribution >= 4 is 35.0 Å². The van der Waals surface area contributed by atoms with Gasteiger partial charge < -0.3 is 44.3 Å². The second kappa shape index (κ2) is 21.6. The van der Waals surface area contributed by atoms with Crippen molar-refractivity contribution in [3.8, 4) is 10.4 Å². The summed E-state index contributed by atoms with van der Waals surface area (Å²) in [6, 6.07) is 15.4. The predicted octanol–water partition coefficient (Wildman–Crippen LogP) is 3.04. The Morgan fingerprint density at radius 2 is 1.52 bits per heavy atom. The summed E-state index contributed by atoms with van der Waals surface area (Å²) in [5.74, 6) is -1.77. The number of aryl methyl sites for hydroxylation is 1. The molecule has 294 valence electrons. The second-order valence-corrected chi connectivity index (χ2v) is 14.8. The van der Waals surface area contributed by atoms with Crippen LogP contribution in [-0.2, 0) is 56.0 Å². The van der Waals surface area contributed by atoms with Crippen molar-refractivity contribution < 1.29 is 48.0 Å². The van der Waals surface area contributed by atoms with Gasteiger partial charge in [-0.25, -0.2) is 9.78 Å². The third kappa shape index (κ3) is 13.9. The molecule has 1 aliphatic rings. The number of aliphatic hydroxyl groups is 1. The molecule has 3 atom stereocenters.